The van der Waals surface area contributed by atoms with Gasteiger partial charge in [0.2, 0.25) is 0 Å². The van der Waals surface area contributed by atoms with Crippen molar-refractivity contribution in [3.63, 3.8) is 0 Å². The molecule has 2 nitrogen and oxygen atoms in total. The average Bonchev–Trinajstić information content (AvgIpc) is 3.42. The van der Waals surface area contributed by atoms with Crippen molar-refractivity contribution in [2.45, 2.75) is 52.4 Å². The lowest BCUT2D eigenvalue weighted by atomic mass is 10.1. The molecular weight excluding hydrogens is 392 g/mol. The van der Waals surface area contributed by atoms with Crippen molar-refractivity contribution < 1.29 is 9.59 Å². The van der Waals surface area contributed by atoms with Crippen molar-refractivity contribution >= 4 is 45.6 Å². The predicted molar refractivity (Wildman–Crippen MR) is 119 cm³/mol. The molecule has 0 aliphatic carbocycles. The van der Waals surface area contributed by atoms with E-state index >= 15 is 0 Å². The third-order valence-corrected chi connectivity index (χ3v) is 8.10. The highest BCUT2D eigenvalue weighted by Gasteiger charge is 2.14. The van der Waals surface area contributed by atoms with E-state index in [9.17, 15) is 9.59 Å². The summed E-state index contributed by atoms with van der Waals surface area (Å²) in [6.07, 6.45) is 5.26. The molecule has 0 aromatic carbocycles. The molecule has 0 fully saturated rings. The summed E-state index contributed by atoms with van der Waals surface area (Å²) in [7, 11) is 0. The van der Waals surface area contributed by atoms with Crippen LogP contribution in [0.2, 0.25) is 0 Å². The number of rotatable bonds is 10. The summed E-state index contributed by atoms with van der Waals surface area (Å²) in [6.45, 7) is 4.21. The monoisotopic (exact) mass is 416 g/mol. The number of thiophene rings is 3. The summed E-state index contributed by atoms with van der Waals surface area (Å²) in [5, 5.41) is 0. The molecule has 5 heteroatoms. The molecule has 0 aliphatic rings. The Hall–Kier alpha value is -1.56. The van der Waals surface area contributed by atoms with Crippen molar-refractivity contribution in [1.82, 2.24) is 0 Å². The quantitative estimate of drug-likeness (QED) is 0.314. The highest BCUT2D eigenvalue weighted by atomic mass is 32.1. The van der Waals surface area contributed by atoms with Crippen LogP contribution in [0.25, 0.3) is 19.5 Å². The summed E-state index contributed by atoms with van der Waals surface area (Å²) < 4.78 is 0. The molecule has 0 saturated carbocycles. The molecule has 3 heterocycles. The molecule has 0 aliphatic heterocycles. The molecule has 0 spiro atoms. The van der Waals surface area contributed by atoms with Gasteiger partial charge in [-0.25, -0.2) is 0 Å². The van der Waals surface area contributed by atoms with E-state index < -0.39 is 0 Å². The Labute approximate surface area is 172 Å². The van der Waals surface area contributed by atoms with E-state index in [2.05, 4.69) is 26.0 Å². The van der Waals surface area contributed by atoms with Gasteiger partial charge in [-0.3, -0.25) is 9.59 Å². The Kier molecular flexibility index (Phi) is 7.16. The van der Waals surface area contributed by atoms with Crippen LogP contribution in [0.4, 0.5) is 0 Å². The van der Waals surface area contributed by atoms with E-state index in [4.69, 9.17) is 0 Å². The minimum atomic E-state index is 0.248. The first-order chi connectivity index (χ1) is 13.1. The number of ketones is 2. The van der Waals surface area contributed by atoms with Gasteiger partial charge in [-0.15, -0.1) is 34.0 Å². The van der Waals surface area contributed by atoms with E-state index in [0.29, 0.717) is 12.8 Å². The minimum Gasteiger partial charge on any atom is -0.293 e. The lowest BCUT2D eigenvalue weighted by Gasteiger charge is -1.95. The van der Waals surface area contributed by atoms with Crippen molar-refractivity contribution in [2.24, 2.45) is 0 Å². The van der Waals surface area contributed by atoms with E-state index in [1.165, 1.54) is 9.75 Å². The molecule has 0 radical (unpaired) electrons. The van der Waals surface area contributed by atoms with Crippen molar-refractivity contribution in [2.75, 3.05) is 0 Å². The second kappa shape index (κ2) is 9.58. The Morgan fingerprint density at radius 3 is 1.41 bits per heavy atom. The largest absolute Gasteiger partial charge is 0.293 e. The average molecular weight is 417 g/mol. The fourth-order valence-corrected chi connectivity index (χ4v) is 5.90. The molecule has 3 aromatic heterocycles. The number of carbonyl (C=O) groups excluding carboxylic acids is 2. The maximum absolute atomic E-state index is 12.2. The number of hydrogen-bond donors (Lipinski definition) is 0. The van der Waals surface area contributed by atoms with Crippen LogP contribution in [0.3, 0.4) is 0 Å². The maximum Gasteiger partial charge on any atom is 0.172 e. The van der Waals surface area contributed by atoms with E-state index in [-0.39, 0.29) is 11.6 Å². The topological polar surface area (TPSA) is 34.1 Å². The standard InChI is InChI=1S/C22H24O2S3/c1-3-5-7-15(23)17-9-11-19(25-17)21-13-14-22(27-21)20-12-10-18(26-20)16(24)8-6-4-2/h9-14H,3-8H2,1-2H3. The molecule has 0 bridgehead atoms. The Morgan fingerprint density at radius 2 is 1.00 bits per heavy atom. The van der Waals surface area contributed by atoms with Crippen molar-refractivity contribution in [3.05, 3.63) is 46.2 Å². The van der Waals surface area contributed by atoms with Gasteiger partial charge in [0.15, 0.2) is 11.6 Å². The number of carbonyl (C=O) groups is 2. The summed E-state index contributed by atoms with van der Waals surface area (Å²) >= 11 is 4.89. The molecule has 0 N–H and O–H groups in total. The number of Topliss-reactive ketones (excluding diaryl/α,β-unsaturated/α-hetero) is 2. The third-order valence-electron chi connectivity index (χ3n) is 4.37. The van der Waals surface area contributed by atoms with E-state index in [0.717, 1.165) is 45.2 Å². The zero-order valence-corrected chi connectivity index (χ0v) is 18.2. The molecule has 3 aromatic rings. The van der Waals surface area contributed by atoms with Crippen molar-refractivity contribution in [1.29, 1.82) is 0 Å². The van der Waals surface area contributed by atoms with Crippen LogP contribution in [-0.4, -0.2) is 11.6 Å². The summed E-state index contributed by atoms with van der Waals surface area (Å²) in [4.78, 5) is 30.7. The molecule has 0 atom stereocenters. The highest BCUT2D eigenvalue weighted by Crippen LogP contribution is 2.40. The Balaban J connectivity index is 1.72. The maximum atomic E-state index is 12.2. The highest BCUT2D eigenvalue weighted by molar-refractivity contribution is 7.27. The fraction of sp³-hybridized carbons (Fsp3) is 0.364. The molecule has 3 rings (SSSR count). The Bertz CT molecular complexity index is 841. The van der Waals surface area contributed by atoms with Crippen LogP contribution in [0.15, 0.2) is 36.4 Å². The molecule has 142 valence electrons. The lowest BCUT2D eigenvalue weighted by Crippen LogP contribution is -1.94. The molecule has 0 amide bonds. The second-order valence-electron chi connectivity index (χ2n) is 6.55. The smallest absolute Gasteiger partial charge is 0.172 e. The van der Waals surface area contributed by atoms with Crippen LogP contribution >= 0.6 is 34.0 Å². The predicted octanol–water partition coefficient (Wildman–Crippen LogP) is 7.95. The molecule has 0 unspecified atom stereocenters. The van der Waals surface area contributed by atoms with Crippen LogP contribution < -0.4 is 0 Å². The van der Waals surface area contributed by atoms with Crippen LogP contribution in [0.1, 0.15) is 71.7 Å². The summed E-state index contributed by atoms with van der Waals surface area (Å²) in [5.41, 5.74) is 0. The first-order valence-corrected chi connectivity index (χ1v) is 11.9. The van der Waals surface area contributed by atoms with Gasteiger partial charge in [-0.05, 0) is 49.2 Å². The van der Waals surface area contributed by atoms with Crippen LogP contribution in [0.5, 0.6) is 0 Å². The first-order valence-electron chi connectivity index (χ1n) is 9.49. The van der Waals surface area contributed by atoms with E-state index in [1.54, 1.807) is 34.0 Å². The van der Waals surface area contributed by atoms with Gasteiger partial charge in [0.05, 0.1) is 9.75 Å². The molecule has 0 saturated heterocycles. The van der Waals surface area contributed by atoms with Crippen LogP contribution in [-0.2, 0) is 0 Å². The fourth-order valence-electron chi connectivity index (χ4n) is 2.76. The minimum absolute atomic E-state index is 0.248. The van der Waals surface area contributed by atoms with Gasteiger partial charge in [-0.1, -0.05) is 26.7 Å². The molecule has 27 heavy (non-hydrogen) atoms. The number of unbranched alkanes of at least 4 members (excludes halogenated alkanes) is 2. The van der Waals surface area contributed by atoms with Gasteiger partial charge in [0.1, 0.15) is 0 Å². The van der Waals surface area contributed by atoms with Crippen molar-refractivity contribution in [3.8, 4) is 19.5 Å². The zero-order chi connectivity index (χ0) is 19.2. The summed E-state index contributed by atoms with van der Waals surface area (Å²) in [5.74, 6) is 0.497. The van der Waals surface area contributed by atoms with Gasteiger partial charge in [0, 0.05) is 32.4 Å². The van der Waals surface area contributed by atoms with E-state index in [1.807, 2.05) is 24.3 Å². The lowest BCUT2D eigenvalue weighted by molar-refractivity contribution is 0.0975. The van der Waals surface area contributed by atoms with Crippen LogP contribution in [0, 0.1) is 0 Å². The van der Waals surface area contributed by atoms with Gasteiger partial charge < -0.3 is 0 Å². The van der Waals surface area contributed by atoms with Gasteiger partial charge >= 0.3 is 0 Å². The molecular formula is C22H24O2S3. The normalized spacial score (nSPS) is 11.0. The first kappa shape index (κ1) is 20.2. The second-order valence-corrected chi connectivity index (χ2v) is 9.80. The zero-order valence-electron chi connectivity index (χ0n) is 15.7. The van der Waals surface area contributed by atoms with Gasteiger partial charge in [0.25, 0.3) is 0 Å². The number of hydrogen-bond acceptors (Lipinski definition) is 5. The SMILES string of the molecule is CCCCC(=O)c1ccc(-c2ccc(-c3ccc(C(=O)CCCC)s3)s2)s1. The van der Waals surface area contributed by atoms with Gasteiger partial charge in [-0.2, -0.15) is 0 Å². The third kappa shape index (κ3) is 5.03. The summed E-state index contributed by atoms with van der Waals surface area (Å²) in [6, 6.07) is 12.2. The Morgan fingerprint density at radius 1 is 0.630 bits per heavy atom.